The van der Waals surface area contributed by atoms with Crippen LogP contribution >= 0.6 is 0 Å². The molecule has 0 amide bonds. The van der Waals surface area contributed by atoms with E-state index in [2.05, 4.69) is 5.32 Å². The number of rotatable bonds is 6. The fraction of sp³-hybridized carbons (Fsp3) is 0.316. The number of carboxylic acids is 1. The summed E-state index contributed by atoms with van der Waals surface area (Å²) in [6.07, 6.45) is 1.51. The van der Waals surface area contributed by atoms with Gasteiger partial charge in [0, 0.05) is 25.3 Å². The number of nitrogens with one attached hydrogen (secondary N) is 1. The van der Waals surface area contributed by atoms with E-state index in [0.29, 0.717) is 13.2 Å². The van der Waals surface area contributed by atoms with Crippen molar-refractivity contribution in [3.63, 3.8) is 0 Å². The summed E-state index contributed by atoms with van der Waals surface area (Å²) >= 11 is 0. The number of anilines is 1. The van der Waals surface area contributed by atoms with Crippen molar-refractivity contribution >= 4 is 11.7 Å². The number of carbonyl (C=O) groups is 1. The predicted octanol–water partition coefficient (Wildman–Crippen LogP) is 3.69. The molecule has 2 N–H and O–H groups in total. The van der Waals surface area contributed by atoms with Crippen LogP contribution in [0.1, 0.15) is 28.8 Å². The van der Waals surface area contributed by atoms with Gasteiger partial charge in [-0.15, -0.1) is 0 Å². The highest BCUT2D eigenvalue weighted by Gasteiger charge is 2.20. The third kappa shape index (κ3) is 4.48. The van der Waals surface area contributed by atoms with Crippen LogP contribution in [0, 0.1) is 5.82 Å². The summed E-state index contributed by atoms with van der Waals surface area (Å²) in [5.41, 5.74) is 1.14. The molecule has 0 radical (unpaired) electrons. The molecule has 0 aliphatic carbocycles. The summed E-state index contributed by atoms with van der Waals surface area (Å²) in [6, 6.07) is 11.8. The zero-order chi connectivity index (χ0) is 17.6. The van der Waals surface area contributed by atoms with Crippen molar-refractivity contribution in [1.29, 1.82) is 0 Å². The minimum atomic E-state index is -1.13. The Kier molecular flexibility index (Phi) is 5.50. The van der Waals surface area contributed by atoms with Crippen molar-refractivity contribution in [3.05, 3.63) is 59.4 Å². The largest absolute Gasteiger partial charge is 0.486 e. The Morgan fingerprint density at radius 1 is 1.24 bits per heavy atom. The number of ether oxygens (including phenoxy) is 2. The number of carboxylic acid groups (broad SMARTS) is 1. The molecule has 25 heavy (non-hydrogen) atoms. The maximum atomic E-state index is 14.4. The van der Waals surface area contributed by atoms with E-state index in [1.54, 1.807) is 0 Å². The summed E-state index contributed by atoms with van der Waals surface area (Å²) in [6.45, 7) is 1.39. The van der Waals surface area contributed by atoms with Gasteiger partial charge in [-0.1, -0.05) is 30.3 Å². The van der Waals surface area contributed by atoms with E-state index in [9.17, 15) is 14.3 Å². The fourth-order valence-electron chi connectivity index (χ4n) is 2.76. The third-order valence-corrected chi connectivity index (χ3v) is 4.12. The van der Waals surface area contributed by atoms with Gasteiger partial charge in [0.2, 0.25) is 0 Å². The SMILES string of the molecule is O=C(O)c1cc(OCc2ccccc2)c(F)cc1NC1CCOCC1. The van der Waals surface area contributed by atoms with Gasteiger partial charge in [-0.25, -0.2) is 9.18 Å². The summed E-state index contributed by atoms with van der Waals surface area (Å²) < 4.78 is 25.1. The van der Waals surface area contributed by atoms with Crippen LogP contribution in [0.25, 0.3) is 0 Å². The first-order valence-corrected chi connectivity index (χ1v) is 8.21. The lowest BCUT2D eigenvalue weighted by Crippen LogP contribution is -2.28. The van der Waals surface area contributed by atoms with Crippen LogP contribution in [-0.2, 0) is 11.3 Å². The van der Waals surface area contributed by atoms with Gasteiger partial charge < -0.3 is 19.9 Å². The summed E-state index contributed by atoms with van der Waals surface area (Å²) in [5, 5.41) is 12.6. The van der Waals surface area contributed by atoms with E-state index < -0.39 is 11.8 Å². The first kappa shape index (κ1) is 17.2. The Labute approximate surface area is 145 Å². The molecule has 5 nitrogen and oxygen atoms in total. The van der Waals surface area contributed by atoms with E-state index in [1.165, 1.54) is 12.1 Å². The monoisotopic (exact) mass is 345 g/mol. The van der Waals surface area contributed by atoms with E-state index in [0.717, 1.165) is 18.4 Å². The second kappa shape index (κ2) is 7.98. The zero-order valence-corrected chi connectivity index (χ0v) is 13.7. The van der Waals surface area contributed by atoms with Gasteiger partial charge in [0.15, 0.2) is 11.6 Å². The molecule has 2 aromatic carbocycles. The van der Waals surface area contributed by atoms with Crippen molar-refractivity contribution in [2.24, 2.45) is 0 Å². The van der Waals surface area contributed by atoms with Crippen molar-refractivity contribution in [2.45, 2.75) is 25.5 Å². The van der Waals surface area contributed by atoms with Crippen molar-refractivity contribution in [2.75, 3.05) is 18.5 Å². The lowest BCUT2D eigenvalue weighted by Gasteiger charge is -2.25. The number of hydrogen-bond acceptors (Lipinski definition) is 4. The molecule has 0 aromatic heterocycles. The molecule has 2 aromatic rings. The maximum Gasteiger partial charge on any atom is 0.337 e. The fourth-order valence-corrected chi connectivity index (χ4v) is 2.76. The van der Waals surface area contributed by atoms with Gasteiger partial charge in [-0.3, -0.25) is 0 Å². The minimum Gasteiger partial charge on any atom is -0.486 e. The molecule has 1 saturated heterocycles. The topological polar surface area (TPSA) is 67.8 Å². The molecule has 0 bridgehead atoms. The first-order chi connectivity index (χ1) is 12.1. The van der Waals surface area contributed by atoms with Crippen LogP contribution in [0.4, 0.5) is 10.1 Å². The standard InChI is InChI=1S/C19H20FNO4/c20-16-11-17(21-14-6-8-24-9-7-14)15(19(22)23)10-18(16)25-12-13-4-2-1-3-5-13/h1-5,10-11,14,21H,6-9,12H2,(H,22,23). The minimum absolute atomic E-state index is 0.00375. The number of benzene rings is 2. The number of aromatic carboxylic acids is 1. The highest BCUT2D eigenvalue weighted by Crippen LogP contribution is 2.28. The van der Waals surface area contributed by atoms with Crippen molar-refractivity contribution < 1.29 is 23.8 Å². The lowest BCUT2D eigenvalue weighted by atomic mass is 10.1. The van der Waals surface area contributed by atoms with Gasteiger partial charge >= 0.3 is 5.97 Å². The first-order valence-electron chi connectivity index (χ1n) is 8.21. The molecule has 1 aliphatic heterocycles. The van der Waals surface area contributed by atoms with Crippen LogP contribution in [0.2, 0.25) is 0 Å². The molecule has 0 saturated carbocycles. The van der Waals surface area contributed by atoms with Crippen LogP contribution in [0.15, 0.2) is 42.5 Å². The molecule has 3 rings (SSSR count). The van der Waals surface area contributed by atoms with Crippen LogP contribution in [0.5, 0.6) is 5.75 Å². The van der Waals surface area contributed by atoms with Gasteiger partial charge in [0.05, 0.1) is 11.3 Å². The third-order valence-electron chi connectivity index (χ3n) is 4.12. The molecule has 0 unspecified atom stereocenters. The summed E-state index contributed by atoms with van der Waals surface area (Å²) in [4.78, 5) is 11.6. The van der Waals surface area contributed by atoms with E-state index in [4.69, 9.17) is 9.47 Å². The summed E-state index contributed by atoms with van der Waals surface area (Å²) in [5.74, 6) is -1.78. The Balaban J connectivity index is 1.78. The number of hydrogen-bond donors (Lipinski definition) is 2. The van der Waals surface area contributed by atoms with Crippen molar-refractivity contribution in [1.82, 2.24) is 0 Å². The average Bonchev–Trinajstić information content (AvgIpc) is 2.62. The molecular formula is C19H20FNO4. The Hall–Kier alpha value is -2.60. The van der Waals surface area contributed by atoms with Crippen LogP contribution in [-0.4, -0.2) is 30.3 Å². The molecule has 1 heterocycles. The van der Waals surface area contributed by atoms with E-state index >= 15 is 0 Å². The Morgan fingerprint density at radius 3 is 2.64 bits per heavy atom. The zero-order valence-electron chi connectivity index (χ0n) is 13.7. The molecule has 132 valence electrons. The summed E-state index contributed by atoms with van der Waals surface area (Å²) in [7, 11) is 0. The van der Waals surface area contributed by atoms with Gasteiger partial charge in [-0.05, 0) is 24.5 Å². The Bertz CT molecular complexity index is 730. The molecule has 6 heteroatoms. The van der Waals surface area contributed by atoms with Crippen LogP contribution in [0.3, 0.4) is 0 Å². The normalized spacial score (nSPS) is 14.9. The van der Waals surface area contributed by atoms with Crippen molar-refractivity contribution in [3.8, 4) is 5.75 Å². The van der Waals surface area contributed by atoms with Gasteiger partial charge in [0.25, 0.3) is 0 Å². The van der Waals surface area contributed by atoms with E-state index in [1.807, 2.05) is 30.3 Å². The Morgan fingerprint density at radius 2 is 1.96 bits per heavy atom. The maximum absolute atomic E-state index is 14.4. The van der Waals surface area contributed by atoms with Gasteiger partial charge in [0.1, 0.15) is 6.61 Å². The molecule has 0 atom stereocenters. The average molecular weight is 345 g/mol. The van der Waals surface area contributed by atoms with E-state index in [-0.39, 0.29) is 29.6 Å². The molecule has 0 spiro atoms. The highest BCUT2D eigenvalue weighted by atomic mass is 19.1. The lowest BCUT2D eigenvalue weighted by molar-refractivity contribution is 0.0697. The quantitative estimate of drug-likeness (QED) is 0.836. The predicted molar refractivity (Wildman–Crippen MR) is 91.6 cm³/mol. The second-order valence-electron chi connectivity index (χ2n) is 5.94. The van der Waals surface area contributed by atoms with Crippen LogP contribution < -0.4 is 10.1 Å². The molecule has 1 aliphatic rings. The smallest absolute Gasteiger partial charge is 0.337 e. The second-order valence-corrected chi connectivity index (χ2v) is 5.94. The highest BCUT2D eigenvalue weighted by molar-refractivity contribution is 5.94. The molecular weight excluding hydrogens is 325 g/mol. The molecule has 1 fully saturated rings. The number of halogens is 1. The van der Waals surface area contributed by atoms with Gasteiger partial charge in [-0.2, -0.15) is 0 Å².